The van der Waals surface area contributed by atoms with Crippen LogP contribution in [0.1, 0.15) is 18.3 Å². The van der Waals surface area contributed by atoms with E-state index in [4.69, 9.17) is 0 Å². The minimum atomic E-state index is -0.425. The Bertz CT molecular complexity index is 1220. The summed E-state index contributed by atoms with van der Waals surface area (Å²) in [6.07, 6.45) is 0. The van der Waals surface area contributed by atoms with Gasteiger partial charge in [0.15, 0.2) is 11.2 Å². The van der Waals surface area contributed by atoms with Crippen LogP contribution in [0.4, 0.5) is 0 Å². The van der Waals surface area contributed by atoms with Crippen molar-refractivity contribution in [3.05, 3.63) is 62.6 Å². The van der Waals surface area contributed by atoms with Crippen molar-refractivity contribution in [2.45, 2.75) is 26.6 Å². The summed E-state index contributed by atoms with van der Waals surface area (Å²) >= 11 is 0. The molecule has 0 unspecified atom stereocenters. The van der Waals surface area contributed by atoms with E-state index in [1.165, 1.54) is 24.1 Å². The Morgan fingerprint density at radius 1 is 0.935 bits per heavy atom. The fraction of sp³-hybridized carbons (Fsp3) is 0.455. The van der Waals surface area contributed by atoms with Crippen LogP contribution in [0.3, 0.4) is 0 Å². The number of fused-ring (bicyclic) bond motifs is 1. The summed E-state index contributed by atoms with van der Waals surface area (Å²) in [4.78, 5) is 46.3. The van der Waals surface area contributed by atoms with Gasteiger partial charge in [-0.25, -0.2) is 9.78 Å². The summed E-state index contributed by atoms with van der Waals surface area (Å²) < 4.78 is 4.11. The molecule has 164 valence electrons. The molecule has 0 saturated carbocycles. The fourth-order valence-corrected chi connectivity index (χ4v) is 4.15. The number of imidazole rings is 1. The molecular formula is C22H28N6O3. The first-order valence-corrected chi connectivity index (χ1v) is 10.5. The van der Waals surface area contributed by atoms with Crippen molar-refractivity contribution in [3.8, 4) is 0 Å². The molecule has 0 bridgehead atoms. The maximum Gasteiger partial charge on any atom is 0.332 e. The minimum Gasteiger partial charge on any atom is -0.314 e. The first-order chi connectivity index (χ1) is 14.8. The third-order valence-electron chi connectivity index (χ3n) is 5.89. The van der Waals surface area contributed by atoms with E-state index in [1.54, 1.807) is 11.6 Å². The Labute approximate surface area is 180 Å². The largest absolute Gasteiger partial charge is 0.332 e. The Balaban J connectivity index is 1.57. The smallest absolute Gasteiger partial charge is 0.314 e. The molecule has 9 nitrogen and oxygen atoms in total. The molecule has 31 heavy (non-hydrogen) atoms. The van der Waals surface area contributed by atoms with Crippen LogP contribution >= 0.6 is 0 Å². The van der Waals surface area contributed by atoms with Crippen LogP contribution in [-0.2, 0) is 38.5 Å². The van der Waals surface area contributed by atoms with Crippen LogP contribution in [0, 0.1) is 0 Å². The lowest BCUT2D eigenvalue weighted by atomic mass is 10.2. The third kappa shape index (κ3) is 4.24. The molecule has 1 aromatic carbocycles. The maximum atomic E-state index is 12.8. The van der Waals surface area contributed by atoms with E-state index in [1.807, 2.05) is 6.07 Å². The van der Waals surface area contributed by atoms with Crippen LogP contribution in [0.25, 0.3) is 11.2 Å². The van der Waals surface area contributed by atoms with Gasteiger partial charge in [-0.05, 0) is 12.5 Å². The highest BCUT2D eigenvalue weighted by atomic mass is 16.2. The van der Waals surface area contributed by atoms with Gasteiger partial charge >= 0.3 is 5.69 Å². The Morgan fingerprint density at radius 2 is 1.55 bits per heavy atom. The topological polar surface area (TPSA) is 85.4 Å². The SMILES string of the molecule is CC(=O)Cn1c(CN2CCN(Cc3ccccc3)CC2)nc2c1c(=O)n(C)c(=O)n2C. The van der Waals surface area contributed by atoms with Crippen molar-refractivity contribution >= 4 is 16.9 Å². The summed E-state index contributed by atoms with van der Waals surface area (Å²) in [5.74, 6) is 0.573. The Kier molecular flexibility index (Phi) is 5.88. The van der Waals surface area contributed by atoms with Crippen LogP contribution in [-0.4, -0.2) is 60.4 Å². The van der Waals surface area contributed by atoms with Gasteiger partial charge in [-0.15, -0.1) is 0 Å². The summed E-state index contributed by atoms with van der Waals surface area (Å²) in [5.41, 5.74) is 1.08. The van der Waals surface area contributed by atoms with Crippen molar-refractivity contribution in [2.75, 3.05) is 26.2 Å². The number of carbonyl (C=O) groups excluding carboxylic acids is 1. The molecule has 4 rings (SSSR count). The second-order valence-electron chi connectivity index (χ2n) is 8.23. The molecule has 0 spiro atoms. The molecule has 1 aliphatic rings. The van der Waals surface area contributed by atoms with E-state index in [0.717, 1.165) is 37.3 Å². The van der Waals surface area contributed by atoms with Crippen molar-refractivity contribution in [2.24, 2.45) is 14.1 Å². The molecule has 0 N–H and O–H groups in total. The number of hydrogen-bond donors (Lipinski definition) is 0. The molecule has 9 heteroatoms. The zero-order chi connectivity index (χ0) is 22.1. The standard InChI is InChI=1S/C22H28N6O3/c1-16(29)13-28-18(23-20-19(28)21(30)25(3)22(31)24(20)2)15-27-11-9-26(10-12-27)14-17-7-5-4-6-8-17/h4-8H,9-15H2,1-3H3. The minimum absolute atomic E-state index is 0.0627. The van der Waals surface area contributed by atoms with Crippen molar-refractivity contribution < 1.29 is 4.79 Å². The van der Waals surface area contributed by atoms with E-state index in [9.17, 15) is 14.4 Å². The highest BCUT2D eigenvalue weighted by Gasteiger charge is 2.23. The van der Waals surface area contributed by atoms with Gasteiger partial charge in [-0.3, -0.25) is 28.5 Å². The molecule has 1 fully saturated rings. The fourth-order valence-electron chi connectivity index (χ4n) is 4.15. The molecule has 3 heterocycles. The number of aromatic nitrogens is 4. The van der Waals surface area contributed by atoms with Gasteiger partial charge in [0.1, 0.15) is 11.6 Å². The molecule has 1 aliphatic heterocycles. The Hall–Kier alpha value is -3.04. The second kappa shape index (κ2) is 8.60. The molecule has 1 saturated heterocycles. The lowest BCUT2D eigenvalue weighted by Crippen LogP contribution is -2.45. The highest BCUT2D eigenvalue weighted by Crippen LogP contribution is 2.15. The zero-order valence-corrected chi connectivity index (χ0v) is 18.2. The van der Waals surface area contributed by atoms with Gasteiger partial charge in [0.2, 0.25) is 0 Å². The predicted molar refractivity (Wildman–Crippen MR) is 118 cm³/mol. The average Bonchev–Trinajstić information content (AvgIpc) is 3.10. The molecule has 2 aromatic heterocycles. The number of hydrogen-bond acceptors (Lipinski definition) is 6. The normalized spacial score (nSPS) is 15.6. The summed E-state index contributed by atoms with van der Waals surface area (Å²) in [7, 11) is 3.04. The van der Waals surface area contributed by atoms with Gasteiger partial charge < -0.3 is 4.57 Å². The van der Waals surface area contributed by atoms with E-state index >= 15 is 0 Å². The van der Waals surface area contributed by atoms with Crippen molar-refractivity contribution in [1.29, 1.82) is 0 Å². The molecule has 0 radical (unpaired) electrons. The highest BCUT2D eigenvalue weighted by molar-refractivity contribution is 5.79. The monoisotopic (exact) mass is 424 g/mol. The molecule has 0 amide bonds. The lowest BCUT2D eigenvalue weighted by molar-refractivity contribution is -0.117. The van der Waals surface area contributed by atoms with E-state index in [0.29, 0.717) is 23.5 Å². The van der Waals surface area contributed by atoms with Crippen LogP contribution in [0.15, 0.2) is 39.9 Å². The number of carbonyl (C=O) groups is 1. The number of benzene rings is 1. The van der Waals surface area contributed by atoms with Gasteiger partial charge in [0, 0.05) is 46.8 Å². The van der Waals surface area contributed by atoms with Gasteiger partial charge in [0.25, 0.3) is 5.56 Å². The Morgan fingerprint density at radius 3 is 2.16 bits per heavy atom. The number of nitrogens with zero attached hydrogens (tertiary/aromatic N) is 6. The summed E-state index contributed by atoms with van der Waals surface area (Å²) in [5, 5.41) is 0. The molecular weight excluding hydrogens is 396 g/mol. The number of aryl methyl sites for hydroxylation is 1. The maximum absolute atomic E-state index is 12.8. The van der Waals surface area contributed by atoms with E-state index < -0.39 is 11.2 Å². The van der Waals surface area contributed by atoms with Gasteiger partial charge in [-0.1, -0.05) is 30.3 Å². The number of ketones is 1. The summed E-state index contributed by atoms with van der Waals surface area (Å²) in [6.45, 7) is 6.61. The van der Waals surface area contributed by atoms with E-state index in [2.05, 4.69) is 39.0 Å². The number of rotatable bonds is 6. The quantitative estimate of drug-likeness (QED) is 0.567. The average molecular weight is 425 g/mol. The first kappa shape index (κ1) is 21.2. The van der Waals surface area contributed by atoms with Crippen molar-refractivity contribution in [1.82, 2.24) is 28.5 Å². The predicted octanol–water partition coefficient (Wildman–Crippen LogP) is 0.341. The molecule has 3 aromatic rings. The first-order valence-electron chi connectivity index (χ1n) is 10.5. The van der Waals surface area contributed by atoms with Crippen molar-refractivity contribution in [3.63, 3.8) is 0 Å². The second-order valence-corrected chi connectivity index (χ2v) is 8.23. The van der Waals surface area contributed by atoms with Gasteiger partial charge in [-0.2, -0.15) is 0 Å². The lowest BCUT2D eigenvalue weighted by Gasteiger charge is -2.34. The third-order valence-corrected chi connectivity index (χ3v) is 5.89. The van der Waals surface area contributed by atoms with Crippen LogP contribution in [0.5, 0.6) is 0 Å². The number of piperazine rings is 1. The summed E-state index contributed by atoms with van der Waals surface area (Å²) in [6, 6.07) is 10.4. The molecule has 0 atom stereocenters. The van der Waals surface area contributed by atoms with Crippen LogP contribution < -0.4 is 11.2 Å². The van der Waals surface area contributed by atoms with Gasteiger partial charge in [0.05, 0.1) is 13.1 Å². The van der Waals surface area contributed by atoms with Crippen LogP contribution in [0.2, 0.25) is 0 Å². The number of Topliss-reactive ketones (excluding diaryl/α,β-unsaturated/α-hetero) is 1. The molecule has 0 aliphatic carbocycles. The zero-order valence-electron chi connectivity index (χ0n) is 18.2. The van der Waals surface area contributed by atoms with E-state index in [-0.39, 0.29) is 12.3 Å².